The SMILES string of the molecule is Cc1ccc(NC(=O)CNCC2CC2)c(OCCN(C)C)c1.Cl.Cl. The fraction of sp³-hybridized carbons (Fsp3) is 0.588. The summed E-state index contributed by atoms with van der Waals surface area (Å²) in [5.74, 6) is 1.48. The van der Waals surface area contributed by atoms with E-state index in [1.54, 1.807) is 0 Å². The van der Waals surface area contributed by atoms with Crippen molar-refractivity contribution in [3.8, 4) is 5.75 Å². The fourth-order valence-corrected chi connectivity index (χ4v) is 2.10. The van der Waals surface area contributed by atoms with Gasteiger partial charge in [0.15, 0.2) is 0 Å². The summed E-state index contributed by atoms with van der Waals surface area (Å²) in [4.78, 5) is 14.1. The van der Waals surface area contributed by atoms with Crippen molar-refractivity contribution in [3.63, 3.8) is 0 Å². The van der Waals surface area contributed by atoms with Crippen molar-refractivity contribution >= 4 is 36.4 Å². The molecule has 5 nitrogen and oxygen atoms in total. The van der Waals surface area contributed by atoms with Crippen molar-refractivity contribution in [2.24, 2.45) is 5.92 Å². The number of likely N-dealkylation sites (N-methyl/N-ethyl adjacent to an activating group) is 1. The second-order valence-corrected chi connectivity index (χ2v) is 6.27. The molecule has 1 aromatic carbocycles. The van der Waals surface area contributed by atoms with Crippen molar-refractivity contribution < 1.29 is 9.53 Å². The zero-order valence-electron chi connectivity index (χ0n) is 14.6. The van der Waals surface area contributed by atoms with Crippen molar-refractivity contribution in [2.75, 3.05) is 45.7 Å². The van der Waals surface area contributed by atoms with Crippen LogP contribution in [0.15, 0.2) is 18.2 Å². The highest BCUT2D eigenvalue weighted by molar-refractivity contribution is 5.93. The number of carbonyl (C=O) groups excluding carboxylic acids is 1. The summed E-state index contributed by atoms with van der Waals surface area (Å²) in [6.45, 7) is 4.74. The summed E-state index contributed by atoms with van der Waals surface area (Å²) >= 11 is 0. The molecule has 0 bridgehead atoms. The number of nitrogens with zero attached hydrogens (tertiary/aromatic N) is 1. The van der Waals surface area contributed by atoms with Crippen LogP contribution in [0.1, 0.15) is 18.4 Å². The van der Waals surface area contributed by atoms with Gasteiger partial charge in [-0.3, -0.25) is 4.79 Å². The first-order chi connectivity index (χ1) is 10.5. The molecule has 1 aromatic rings. The molecular formula is C17H29Cl2N3O2. The van der Waals surface area contributed by atoms with Gasteiger partial charge in [-0.1, -0.05) is 6.07 Å². The van der Waals surface area contributed by atoms with Crippen LogP contribution >= 0.6 is 24.8 Å². The van der Waals surface area contributed by atoms with Crippen molar-refractivity contribution in [1.82, 2.24) is 10.2 Å². The summed E-state index contributed by atoms with van der Waals surface area (Å²) in [6.07, 6.45) is 2.58. The van der Waals surface area contributed by atoms with E-state index in [0.29, 0.717) is 13.2 Å². The first-order valence-electron chi connectivity index (χ1n) is 7.93. The summed E-state index contributed by atoms with van der Waals surface area (Å²) in [5, 5.41) is 6.13. The number of hydrogen-bond acceptors (Lipinski definition) is 4. The Kier molecular flexibility index (Phi) is 11.0. The molecule has 0 aliphatic heterocycles. The molecular weight excluding hydrogens is 349 g/mol. The van der Waals surface area contributed by atoms with Gasteiger partial charge in [-0.2, -0.15) is 0 Å². The maximum absolute atomic E-state index is 12.0. The number of halogens is 2. The molecule has 7 heteroatoms. The number of rotatable bonds is 9. The van der Waals surface area contributed by atoms with Gasteiger partial charge in [-0.05, 0) is 64.0 Å². The van der Waals surface area contributed by atoms with Gasteiger partial charge >= 0.3 is 0 Å². The number of anilines is 1. The van der Waals surface area contributed by atoms with Crippen LogP contribution in [-0.4, -0.2) is 51.1 Å². The van der Waals surface area contributed by atoms with Gasteiger partial charge < -0.3 is 20.3 Å². The third kappa shape index (κ3) is 8.73. The van der Waals surface area contributed by atoms with Gasteiger partial charge in [0, 0.05) is 6.54 Å². The maximum Gasteiger partial charge on any atom is 0.238 e. The molecule has 2 N–H and O–H groups in total. The van der Waals surface area contributed by atoms with E-state index in [1.807, 2.05) is 39.2 Å². The molecule has 2 rings (SSSR count). The molecule has 1 amide bonds. The number of hydrogen-bond donors (Lipinski definition) is 2. The summed E-state index contributed by atoms with van der Waals surface area (Å²) in [5.41, 5.74) is 1.85. The fourth-order valence-electron chi connectivity index (χ4n) is 2.10. The van der Waals surface area contributed by atoms with E-state index in [9.17, 15) is 4.79 Å². The monoisotopic (exact) mass is 377 g/mol. The molecule has 138 valence electrons. The first-order valence-corrected chi connectivity index (χ1v) is 7.93. The van der Waals surface area contributed by atoms with E-state index in [2.05, 4.69) is 15.5 Å². The van der Waals surface area contributed by atoms with Crippen LogP contribution in [0.2, 0.25) is 0 Å². The molecule has 0 unspecified atom stereocenters. The zero-order valence-corrected chi connectivity index (χ0v) is 16.3. The van der Waals surface area contributed by atoms with Crippen molar-refractivity contribution in [2.45, 2.75) is 19.8 Å². The third-order valence-electron chi connectivity index (χ3n) is 3.62. The number of carbonyl (C=O) groups is 1. The van der Waals surface area contributed by atoms with E-state index in [-0.39, 0.29) is 30.7 Å². The molecule has 0 heterocycles. The summed E-state index contributed by atoms with van der Waals surface area (Å²) in [7, 11) is 4.02. The van der Waals surface area contributed by atoms with Crippen LogP contribution in [0.3, 0.4) is 0 Å². The van der Waals surface area contributed by atoms with Gasteiger partial charge in [0.25, 0.3) is 0 Å². The number of nitrogens with one attached hydrogen (secondary N) is 2. The normalized spacial score (nSPS) is 13.0. The highest BCUT2D eigenvalue weighted by Gasteiger charge is 2.20. The molecule has 0 atom stereocenters. The topological polar surface area (TPSA) is 53.6 Å². The quantitative estimate of drug-likeness (QED) is 0.694. The van der Waals surface area contributed by atoms with E-state index >= 15 is 0 Å². The molecule has 24 heavy (non-hydrogen) atoms. The zero-order chi connectivity index (χ0) is 15.9. The second kappa shape index (κ2) is 11.5. The number of amides is 1. The molecule has 0 saturated heterocycles. The Balaban J connectivity index is 0.00000264. The second-order valence-electron chi connectivity index (χ2n) is 6.27. The Bertz CT molecular complexity index is 509. The van der Waals surface area contributed by atoms with E-state index in [4.69, 9.17) is 4.74 Å². The van der Waals surface area contributed by atoms with Gasteiger partial charge in [0.1, 0.15) is 12.4 Å². The largest absolute Gasteiger partial charge is 0.490 e. The minimum absolute atomic E-state index is 0. The first kappa shape index (κ1) is 23.0. The van der Waals surface area contributed by atoms with Crippen LogP contribution in [0.25, 0.3) is 0 Å². The van der Waals surface area contributed by atoms with Crippen LogP contribution in [0.4, 0.5) is 5.69 Å². The van der Waals surface area contributed by atoms with Crippen molar-refractivity contribution in [1.29, 1.82) is 0 Å². The Hall–Kier alpha value is -1.01. The average molecular weight is 378 g/mol. The number of aryl methyl sites for hydroxylation is 1. The van der Waals surface area contributed by atoms with Crippen LogP contribution in [0.5, 0.6) is 5.75 Å². The molecule has 1 aliphatic rings. The molecule has 1 aliphatic carbocycles. The highest BCUT2D eigenvalue weighted by atomic mass is 35.5. The van der Waals surface area contributed by atoms with E-state index in [1.165, 1.54) is 12.8 Å². The minimum atomic E-state index is -0.0260. The van der Waals surface area contributed by atoms with Crippen LogP contribution < -0.4 is 15.4 Å². The molecule has 0 aromatic heterocycles. The average Bonchev–Trinajstić information content (AvgIpc) is 3.25. The standard InChI is InChI=1S/C17H27N3O2.2ClH/c1-13-4-7-15(16(10-13)22-9-8-20(2)3)19-17(21)12-18-11-14-5-6-14;;/h4,7,10,14,18H,5-6,8-9,11-12H2,1-3H3,(H,19,21);2*1H. The predicted octanol–water partition coefficient (Wildman–Crippen LogP) is 2.72. The van der Waals surface area contributed by atoms with Crippen LogP contribution in [0, 0.1) is 12.8 Å². The van der Waals surface area contributed by atoms with Gasteiger partial charge in [-0.25, -0.2) is 0 Å². The van der Waals surface area contributed by atoms with Crippen LogP contribution in [-0.2, 0) is 4.79 Å². The van der Waals surface area contributed by atoms with E-state index < -0.39 is 0 Å². The lowest BCUT2D eigenvalue weighted by atomic mass is 10.2. The van der Waals surface area contributed by atoms with Gasteiger partial charge in [0.2, 0.25) is 5.91 Å². The van der Waals surface area contributed by atoms with Gasteiger partial charge in [0.05, 0.1) is 12.2 Å². The Labute approximate surface area is 157 Å². The summed E-state index contributed by atoms with van der Waals surface area (Å²) < 4.78 is 5.81. The lowest BCUT2D eigenvalue weighted by Gasteiger charge is -2.15. The Morgan fingerprint density at radius 2 is 2.00 bits per heavy atom. The van der Waals surface area contributed by atoms with Gasteiger partial charge in [-0.15, -0.1) is 24.8 Å². The Morgan fingerprint density at radius 1 is 1.29 bits per heavy atom. The molecule has 0 spiro atoms. The highest BCUT2D eigenvalue weighted by Crippen LogP contribution is 2.27. The lowest BCUT2D eigenvalue weighted by molar-refractivity contribution is -0.115. The number of ether oxygens (including phenoxy) is 1. The molecule has 0 radical (unpaired) electrons. The molecule has 1 saturated carbocycles. The predicted molar refractivity (Wildman–Crippen MR) is 104 cm³/mol. The maximum atomic E-state index is 12.0. The molecule has 1 fully saturated rings. The van der Waals surface area contributed by atoms with Crippen molar-refractivity contribution in [3.05, 3.63) is 23.8 Å². The number of benzene rings is 1. The third-order valence-corrected chi connectivity index (χ3v) is 3.62. The Morgan fingerprint density at radius 3 is 2.62 bits per heavy atom. The minimum Gasteiger partial charge on any atom is -0.490 e. The lowest BCUT2D eigenvalue weighted by Crippen LogP contribution is -2.29. The summed E-state index contributed by atoms with van der Waals surface area (Å²) in [6, 6.07) is 5.84. The van der Waals surface area contributed by atoms with E-state index in [0.717, 1.165) is 36.0 Å². The smallest absolute Gasteiger partial charge is 0.238 e.